The molecule has 1 amide bonds. The SMILES string of the molecule is Cc1nc(NC(=O)c2ccc(-n3ccnc3)cc2)n[nH]1. The van der Waals surface area contributed by atoms with Gasteiger partial charge in [0.1, 0.15) is 5.82 Å². The molecule has 7 heteroatoms. The Hall–Kier alpha value is -2.96. The van der Waals surface area contributed by atoms with Gasteiger partial charge < -0.3 is 4.57 Å². The van der Waals surface area contributed by atoms with Gasteiger partial charge in [0.2, 0.25) is 5.95 Å². The summed E-state index contributed by atoms with van der Waals surface area (Å²) in [5.41, 5.74) is 1.48. The van der Waals surface area contributed by atoms with Gasteiger partial charge in [-0.15, -0.1) is 5.10 Å². The fourth-order valence-electron chi connectivity index (χ4n) is 1.77. The predicted octanol–water partition coefficient (Wildman–Crippen LogP) is 1.55. The van der Waals surface area contributed by atoms with Gasteiger partial charge in [-0.25, -0.2) is 4.98 Å². The van der Waals surface area contributed by atoms with Crippen molar-refractivity contribution in [3.05, 3.63) is 54.4 Å². The Morgan fingerprint density at radius 3 is 2.70 bits per heavy atom. The molecule has 0 unspecified atom stereocenters. The van der Waals surface area contributed by atoms with Crippen LogP contribution in [0, 0.1) is 6.92 Å². The third-order valence-electron chi connectivity index (χ3n) is 2.75. The van der Waals surface area contributed by atoms with Gasteiger partial charge in [-0.2, -0.15) is 4.98 Å². The Morgan fingerprint density at radius 2 is 2.10 bits per heavy atom. The van der Waals surface area contributed by atoms with Gasteiger partial charge in [-0.3, -0.25) is 15.2 Å². The first-order valence-electron chi connectivity index (χ1n) is 6.01. The monoisotopic (exact) mass is 268 g/mol. The van der Waals surface area contributed by atoms with Crippen LogP contribution in [0.1, 0.15) is 16.2 Å². The summed E-state index contributed by atoms with van der Waals surface area (Å²) in [5, 5.41) is 9.15. The molecule has 0 fully saturated rings. The van der Waals surface area contributed by atoms with Crippen molar-refractivity contribution in [3.8, 4) is 5.69 Å². The van der Waals surface area contributed by atoms with E-state index >= 15 is 0 Å². The molecule has 0 bridgehead atoms. The number of aryl methyl sites for hydroxylation is 1. The van der Waals surface area contributed by atoms with Crippen LogP contribution in [0.5, 0.6) is 0 Å². The Bertz CT molecular complexity index is 714. The number of nitrogens with one attached hydrogen (secondary N) is 2. The fourth-order valence-corrected chi connectivity index (χ4v) is 1.77. The topological polar surface area (TPSA) is 88.5 Å². The van der Waals surface area contributed by atoms with Gasteiger partial charge in [-0.05, 0) is 31.2 Å². The van der Waals surface area contributed by atoms with Crippen LogP contribution in [0.3, 0.4) is 0 Å². The average Bonchev–Trinajstić information content (AvgIpc) is 3.11. The van der Waals surface area contributed by atoms with E-state index in [1.807, 2.05) is 22.9 Å². The summed E-state index contributed by atoms with van der Waals surface area (Å²) in [6.45, 7) is 1.77. The van der Waals surface area contributed by atoms with Crippen LogP contribution in [0.15, 0.2) is 43.0 Å². The van der Waals surface area contributed by atoms with E-state index in [9.17, 15) is 4.79 Å². The number of H-pyrrole nitrogens is 1. The van der Waals surface area contributed by atoms with E-state index < -0.39 is 0 Å². The van der Waals surface area contributed by atoms with E-state index in [-0.39, 0.29) is 11.9 Å². The second-order valence-corrected chi connectivity index (χ2v) is 4.22. The molecule has 0 atom stereocenters. The summed E-state index contributed by atoms with van der Waals surface area (Å²) in [6.07, 6.45) is 5.24. The van der Waals surface area contributed by atoms with Gasteiger partial charge in [0.25, 0.3) is 5.91 Å². The molecule has 0 aliphatic heterocycles. The number of carbonyl (C=O) groups excluding carboxylic acids is 1. The summed E-state index contributed by atoms with van der Waals surface area (Å²) >= 11 is 0. The van der Waals surface area contributed by atoms with Crippen LogP contribution in [0.4, 0.5) is 5.95 Å². The number of aromatic amines is 1. The number of aromatic nitrogens is 5. The Balaban J connectivity index is 1.75. The zero-order chi connectivity index (χ0) is 13.9. The van der Waals surface area contributed by atoms with Crippen molar-refractivity contribution in [3.63, 3.8) is 0 Å². The number of rotatable bonds is 3. The van der Waals surface area contributed by atoms with Crippen LogP contribution >= 0.6 is 0 Å². The van der Waals surface area contributed by atoms with Crippen LogP contribution in [-0.2, 0) is 0 Å². The number of imidazole rings is 1. The van der Waals surface area contributed by atoms with Crippen molar-refractivity contribution in [1.82, 2.24) is 24.7 Å². The first-order chi connectivity index (χ1) is 9.72. The number of anilines is 1. The molecule has 0 aliphatic rings. The Kier molecular flexibility index (Phi) is 3.00. The van der Waals surface area contributed by atoms with Crippen molar-refractivity contribution in [2.24, 2.45) is 0 Å². The predicted molar refractivity (Wildman–Crippen MR) is 72.6 cm³/mol. The Labute approximate surface area is 114 Å². The minimum absolute atomic E-state index is 0.249. The van der Waals surface area contributed by atoms with Crippen molar-refractivity contribution in [2.45, 2.75) is 6.92 Å². The summed E-state index contributed by atoms with van der Waals surface area (Å²) in [5.74, 6) is 0.670. The molecule has 20 heavy (non-hydrogen) atoms. The molecule has 0 radical (unpaired) electrons. The van der Waals surface area contributed by atoms with Gasteiger partial charge >= 0.3 is 0 Å². The zero-order valence-electron chi connectivity index (χ0n) is 10.7. The smallest absolute Gasteiger partial charge is 0.258 e. The summed E-state index contributed by atoms with van der Waals surface area (Å²) in [6, 6.07) is 7.17. The standard InChI is InChI=1S/C13H12N6O/c1-9-15-13(18-17-9)16-12(20)10-2-4-11(5-3-10)19-7-6-14-8-19/h2-8H,1H3,(H2,15,16,17,18,20). The van der Waals surface area contributed by atoms with E-state index in [4.69, 9.17) is 0 Å². The molecule has 3 aromatic rings. The number of benzene rings is 1. The van der Waals surface area contributed by atoms with Crippen molar-refractivity contribution in [2.75, 3.05) is 5.32 Å². The van der Waals surface area contributed by atoms with E-state index in [1.165, 1.54) is 0 Å². The van der Waals surface area contributed by atoms with Crippen LogP contribution in [-0.4, -0.2) is 30.6 Å². The maximum atomic E-state index is 12.0. The largest absolute Gasteiger partial charge is 0.306 e. The van der Waals surface area contributed by atoms with Gasteiger partial charge in [-0.1, -0.05) is 0 Å². The molecule has 3 rings (SSSR count). The van der Waals surface area contributed by atoms with Crippen LogP contribution < -0.4 is 5.32 Å². The maximum absolute atomic E-state index is 12.0. The number of nitrogens with zero attached hydrogens (tertiary/aromatic N) is 4. The second-order valence-electron chi connectivity index (χ2n) is 4.22. The lowest BCUT2D eigenvalue weighted by molar-refractivity contribution is 0.102. The van der Waals surface area contributed by atoms with Gasteiger partial charge in [0, 0.05) is 23.6 Å². The van der Waals surface area contributed by atoms with Crippen LogP contribution in [0.25, 0.3) is 5.69 Å². The van der Waals surface area contributed by atoms with E-state index in [2.05, 4.69) is 25.5 Å². The lowest BCUT2D eigenvalue weighted by atomic mass is 10.2. The third-order valence-corrected chi connectivity index (χ3v) is 2.75. The molecule has 0 aliphatic carbocycles. The highest BCUT2D eigenvalue weighted by atomic mass is 16.1. The maximum Gasteiger partial charge on any atom is 0.258 e. The number of hydrogen-bond donors (Lipinski definition) is 2. The van der Waals surface area contributed by atoms with E-state index in [0.717, 1.165) is 5.69 Å². The molecule has 0 spiro atoms. The summed E-state index contributed by atoms with van der Waals surface area (Å²) in [4.78, 5) is 20.0. The summed E-state index contributed by atoms with van der Waals surface area (Å²) in [7, 11) is 0. The van der Waals surface area contributed by atoms with Crippen molar-refractivity contribution < 1.29 is 4.79 Å². The highest BCUT2D eigenvalue weighted by molar-refractivity contribution is 6.03. The lowest BCUT2D eigenvalue weighted by Crippen LogP contribution is -2.13. The average molecular weight is 268 g/mol. The molecule has 2 aromatic heterocycles. The highest BCUT2D eigenvalue weighted by Crippen LogP contribution is 2.10. The minimum Gasteiger partial charge on any atom is -0.306 e. The first-order valence-corrected chi connectivity index (χ1v) is 6.01. The first kappa shape index (κ1) is 12.1. The van der Waals surface area contributed by atoms with Gasteiger partial charge in [0.15, 0.2) is 0 Å². The second kappa shape index (κ2) is 4.96. The molecule has 0 saturated carbocycles. The molecular weight excluding hydrogens is 256 g/mol. The van der Waals surface area contributed by atoms with Gasteiger partial charge in [0.05, 0.1) is 6.33 Å². The number of hydrogen-bond acceptors (Lipinski definition) is 4. The van der Waals surface area contributed by atoms with Crippen LogP contribution in [0.2, 0.25) is 0 Å². The zero-order valence-corrected chi connectivity index (χ0v) is 10.7. The Morgan fingerprint density at radius 1 is 1.30 bits per heavy atom. The highest BCUT2D eigenvalue weighted by Gasteiger charge is 2.09. The lowest BCUT2D eigenvalue weighted by Gasteiger charge is -2.04. The minimum atomic E-state index is -0.249. The van der Waals surface area contributed by atoms with E-state index in [0.29, 0.717) is 11.4 Å². The molecule has 7 nitrogen and oxygen atoms in total. The molecule has 2 N–H and O–H groups in total. The third kappa shape index (κ3) is 2.41. The van der Waals surface area contributed by atoms with E-state index in [1.54, 1.807) is 31.6 Å². The molecule has 0 saturated heterocycles. The van der Waals surface area contributed by atoms with Crippen molar-refractivity contribution in [1.29, 1.82) is 0 Å². The molecular formula is C13H12N6O. The number of carbonyl (C=O) groups is 1. The van der Waals surface area contributed by atoms with Crippen molar-refractivity contribution >= 4 is 11.9 Å². The normalized spacial score (nSPS) is 10.4. The molecule has 100 valence electrons. The molecule has 1 aromatic carbocycles. The fraction of sp³-hybridized carbons (Fsp3) is 0.0769. The molecule has 2 heterocycles. The number of amides is 1. The summed E-state index contributed by atoms with van der Waals surface area (Å²) < 4.78 is 1.86. The quantitative estimate of drug-likeness (QED) is 0.754.